The van der Waals surface area contributed by atoms with Gasteiger partial charge in [0.2, 0.25) is 0 Å². The third-order valence-corrected chi connectivity index (χ3v) is 3.30. The lowest BCUT2D eigenvalue weighted by Crippen LogP contribution is -1.83. The molecule has 0 N–H and O–H groups in total. The average Bonchev–Trinajstić information content (AvgIpc) is 2.31. The average molecular weight is 240 g/mol. The quantitative estimate of drug-likeness (QED) is 0.269. The van der Waals surface area contributed by atoms with Crippen LogP contribution in [0, 0.1) is 12.3 Å². The second-order valence-electron chi connectivity index (χ2n) is 4.57. The van der Waals surface area contributed by atoms with E-state index in [0.29, 0.717) is 0 Å². The van der Waals surface area contributed by atoms with E-state index in [1.807, 2.05) is 0 Å². The topological polar surface area (TPSA) is 0 Å². The van der Waals surface area contributed by atoms with Crippen molar-refractivity contribution in [3.8, 4) is 12.3 Å². The molecular formula is C15H28S. The van der Waals surface area contributed by atoms with Gasteiger partial charge in [-0.05, 0) is 18.6 Å². The Labute approximate surface area is 108 Å². The first kappa shape index (κ1) is 15.9. The van der Waals surface area contributed by atoms with Gasteiger partial charge in [0.15, 0.2) is 0 Å². The zero-order chi connectivity index (χ0) is 11.9. The summed E-state index contributed by atoms with van der Waals surface area (Å²) in [5, 5.41) is 0. The Balaban J connectivity index is 2.86. The van der Waals surface area contributed by atoms with E-state index in [2.05, 4.69) is 18.5 Å². The minimum atomic E-state index is 0.963. The van der Waals surface area contributed by atoms with Crippen molar-refractivity contribution in [3.63, 3.8) is 0 Å². The molecule has 0 unspecified atom stereocenters. The molecule has 0 spiro atoms. The summed E-state index contributed by atoms with van der Waals surface area (Å²) in [5.41, 5.74) is 0. The number of hydrogen-bond acceptors (Lipinski definition) is 1. The fraction of sp³-hybridized carbons (Fsp3) is 0.867. The second-order valence-corrected chi connectivity index (χ2v) is 5.01. The standard InChI is InChI=1S/C15H28S/c1-2-3-4-5-6-7-8-9-10-11-12-13-14-15-16/h1,16H,3-15H2. The molecule has 1 heteroatoms. The highest BCUT2D eigenvalue weighted by Crippen LogP contribution is 2.11. The Kier molecular flexibility index (Phi) is 14.8. The highest BCUT2D eigenvalue weighted by molar-refractivity contribution is 7.80. The molecule has 0 aromatic heterocycles. The fourth-order valence-electron chi connectivity index (χ4n) is 1.93. The molecular weight excluding hydrogens is 212 g/mol. The maximum absolute atomic E-state index is 5.20. The smallest absolute Gasteiger partial charge is 0.00860 e. The Bertz CT molecular complexity index is 157. The fourth-order valence-corrected chi connectivity index (χ4v) is 2.15. The molecule has 0 radical (unpaired) electrons. The molecule has 0 aliphatic carbocycles. The van der Waals surface area contributed by atoms with E-state index in [1.54, 1.807) is 0 Å². The second kappa shape index (κ2) is 14.9. The van der Waals surface area contributed by atoms with E-state index in [9.17, 15) is 0 Å². The normalized spacial score (nSPS) is 10.2. The summed E-state index contributed by atoms with van der Waals surface area (Å²) in [5.74, 6) is 3.75. The van der Waals surface area contributed by atoms with Crippen LogP contribution < -0.4 is 0 Å². The molecule has 0 aromatic rings. The minimum absolute atomic E-state index is 0.963. The minimum Gasteiger partial charge on any atom is -0.179 e. The number of rotatable bonds is 12. The first-order chi connectivity index (χ1) is 7.91. The van der Waals surface area contributed by atoms with Gasteiger partial charge in [0.05, 0.1) is 0 Å². The zero-order valence-corrected chi connectivity index (χ0v) is 11.6. The van der Waals surface area contributed by atoms with E-state index in [-0.39, 0.29) is 0 Å². The van der Waals surface area contributed by atoms with Crippen molar-refractivity contribution in [2.24, 2.45) is 0 Å². The molecule has 0 saturated heterocycles. The van der Waals surface area contributed by atoms with Crippen molar-refractivity contribution in [2.45, 2.75) is 77.0 Å². The molecule has 0 aliphatic rings. The highest BCUT2D eigenvalue weighted by Gasteiger charge is 1.92. The molecule has 0 aromatic carbocycles. The van der Waals surface area contributed by atoms with Crippen molar-refractivity contribution < 1.29 is 0 Å². The van der Waals surface area contributed by atoms with Gasteiger partial charge in [-0.1, -0.05) is 57.8 Å². The van der Waals surface area contributed by atoms with Gasteiger partial charge in [-0.3, -0.25) is 0 Å². The van der Waals surface area contributed by atoms with E-state index < -0.39 is 0 Å². The van der Waals surface area contributed by atoms with E-state index in [1.165, 1.54) is 70.6 Å². The van der Waals surface area contributed by atoms with Crippen LogP contribution >= 0.6 is 12.6 Å². The predicted molar refractivity (Wildman–Crippen MR) is 78.1 cm³/mol. The van der Waals surface area contributed by atoms with Crippen molar-refractivity contribution in [1.29, 1.82) is 0 Å². The lowest BCUT2D eigenvalue weighted by molar-refractivity contribution is 0.552. The Hall–Kier alpha value is -0.0900. The summed E-state index contributed by atoms with van der Waals surface area (Å²) in [6, 6.07) is 0. The van der Waals surface area contributed by atoms with Crippen molar-refractivity contribution in [1.82, 2.24) is 0 Å². The summed E-state index contributed by atoms with van der Waals surface area (Å²) in [6.07, 6.45) is 21.3. The van der Waals surface area contributed by atoms with Crippen LogP contribution in [0.3, 0.4) is 0 Å². The van der Waals surface area contributed by atoms with Gasteiger partial charge in [-0.15, -0.1) is 12.3 Å². The van der Waals surface area contributed by atoms with Gasteiger partial charge >= 0.3 is 0 Å². The number of thiol groups is 1. The van der Waals surface area contributed by atoms with Crippen LogP contribution in [0.2, 0.25) is 0 Å². The molecule has 0 nitrogen and oxygen atoms in total. The zero-order valence-electron chi connectivity index (χ0n) is 10.7. The van der Waals surface area contributed by atoms with E-state index in [0.717, 1.165) is 12.2 Å². The van der Waals surface area contributed by atoms with Crippen LogP contribution in [0.1, 0.15) is 77.0 Å². The van der Waals surface area contributed by atoms with Crippen LogP contribution in [0.25, 0.3) is 0 Å². The van der Waals surface area contributed by atoms with Crippen LogP contribution in [0.4, 0.5) is 0 Å². The van der Waals surface area contributed by atoms with Crippen LogP contribution in [0.5, 0.6) is 0 Å². The molecule has 16 heavy (non-hydrogen) atoms. The van der Waals surface area contributed by atoms with Gasteiger partial charge in [0.1, 0.15) is 0 Å². The lowest BCUT2D eigenvalue weighted by Gasteiger charge is -2.01. The molecule has 0 amide bonds. The maximum atomic E-state index is 5.20. The molecule has 0 fully saturated rings. The molecule has 94 valence electrons. The van der Waals surface area contributed by atoms with Crippen LogP contribution in [-0.2, 0) is 0 Å². The summed E-state index contributed by atoms with van der Waals surface area (Å²) < 4.78 is 0. The van der Waals surface area contributed by atoms with Crippen molar-refractivity contribution >= 4 is 12.6 Å². The molecule has 0 saturated carbocycles. The van der Waals surface area contributed by atoms with Gasteiger partial charge < -0.3 is 0 Å². The molecule has 0 aliphatic heterocycles. The first-order valence-electron chi connectivity index (χ1n) is 6.96. The first-order valence-corrected chi connectivity index (χ1v) is 7.59. The van der Waals surface area contributed by atoms with Crippen molar-refractivity contribution in [2.75, 3.05) is 5.75 Å². The predicted octanol–water partition coefficient (Wildman–Crippen LogP) is 5.23. The molecule has 0 atom stereocenters. The third kappa shape index (κ3) is 13.9. The van der Waals surface area contributed by atoms with Gasteiger partial charge in [0.25, 0.3) is 0 Å². The van der Waals surface area contributed by atoms with Gasteiger partial charge in [-0.25, -0.2) is 0 Å². The highest BCUT2D eigenvalue weighted by atomic mass is 32.1. The lowest BCUT2D eigenvalue weighted by atomic mass is 10.1. The summed E-state index contributed by atoms with van der Waals surface area (Å²) in [6.45, 7) is 0. The Morgan fingerprint density at radius 1 is 0.625 bits per heavy atom. The van der Waals surface area contributed by atoms with Gasteiger partial charge in [-0.2, -0.15) is 12.6 Å². The Morgan fingerprint density at radius 2 is 1.00 bits per heavy atom. The third-order valence-electron chi connectivity index (χ3n) is 2.98. The molecule has 0 heterocycles. The number of unbranched alkanes of at least 4 members (excludes halogenated alkanes) is 11. The Morgan fingerprint density at radius 3 is 1.38 bits per heavy atom. The van der Waals surface area contributed by atoms with Crippen LogP contribution in [0.15, 0.2) is 0 Å². The summed E-state index contributed by atoms with van der Waals surface area (Å²) in [7, 11) is 0. The van der Waals surface area contributed by atoms with Crippen molar-refractivity contribution in [3.05, 3.63) is 0 Å². The largest absolute Gasteiger partial charge is 0.179 e. The monoisotopic (exact) mass is 240 g/mol. The SMILES string of the molecule is C#CCCCCCCCCCCCCCS. The summed E-state index contributed by atoms with van der Waals surface area (Å²) in [4.78, 5) is 0. The van der Waals surface area contributed by atoms with E-state index in [4.69, 9.17) is 6.42 Å². The number of hydrogen-bond donors (Lipinski definition) is 1. The van der Waals surface area contributed by atoms with Gasteiger partial charge in [0, 0.05) is 6.42 Å². The van der Waals surface area contributed by atoms with Crippen LogP contribution in [-0.4, -0.2) is 5.75 Å². The van der Waals surface area contributed by atoms with E-state index >= 15 is 0 Å². The maximum Gasteiger partial charge on any atom is 0.00860 e. The summed E-state index contributed by atoms with van der Waals surface area (Å²) >= 11 is 4.21. The number of terminal acetylenes is 1. The molecule has 0 bridgehead atoms. The molecule has 0 rings (SSSR count).